The Morgan fingerprint density at radius 3 is 1.45 bits per heavy atom. The summed E-state index contributed by atoms with van der Waals surface area (Å²) in [4.78, 5) is 51.8. The first-order chi connectivity index (χ1) is 15.9. The van der Waals surface area contributed by atoms with Gasteiger partial charge < -0.3 is 18.9 Å². The van der Waals surface area contributed by atoms with E-state index in [-0.39, 0.29) is 45.8 Å². The number of hydrogen-bond donors (Lipinski definition) is 0. The van der Waals surface area contributed by atoms with Crippen molar-refractivity contribution >= 4 is 47.4 Å². The molecule has 0 bridgehead atoms. The first-order valence-electron chi connectivity index (χ1n) is 11.4. The summed E-state index contributed by atoms with van der Waals surface area (Å²) in [5.41, 5.74) is 0. The second-order valence-corrected chi connectivity index (χ2v) is 9.22. The number of thioether (sulfide) groups is 2. The summed E-state index contributed by atoms with van der Waals surface area (Å²) < 4.78 is 20.5. The molecule has 0 radical (unpaired) electrons. The lowest BCUT2D eigenvalue weighted by Crippen LogP contribution is -2.54. The lowest BCUT2D eigenvalue weighted by molar-refractivity contribution is -0.164. The van der Waals surface area contributed by atoms with Crippen LogP contribution in [0.2, 0.25) is 0 Å². The molecular weight excluding hydrogens is 470 g/mol. The van der Waals surface area contributed by atoms with Crippen molar-refractivity contribution < 1.29 is 38.1 Å². The van der Waals surface area contributed by atoms with E-state index in [2.05, 4.69) is 6.92 Å². The van der Waals surface area contributed by atoms with Gasteiger partial charge in [0.05, 0.1) is 39.3 Å². The average Bonchev–Trinajstić information content (AvgIpc) is 2.77. The van der Waals surface area contributed by atoms with E-state index in [0.717, 1.165) is 17.3 Å². The van der Waals surface area contributed by atoms with Crippen molar-refractivity contribution in [3.05, 3.63) is 0 Å². The van der Waals surface area contributed by atoms with E-state index < -0.39 is 36.0 Å². The van der Waals surface area contributed by atoms with Gasteiger partial charge in [-0.1, -0.05) is 6.92 Å². The molecule has 0 aliphatic rings. The van der Waals surface area contributed by atoms with Crippen LogP contribution in [0.4, 0.5) is 0 Å². The summed E-state index contributed by atoms with van der Waals surface area (Å²) in [6.07, 6.45) is -0.608. The summed E-state index contributed by atoms with van der Waals surface area (Å²) in [6, 6.07) is -2.20. The van der Waals surface area contributed by atoms with E-state index in [1.54, 1.807) is 39.5 Å². The van der Waals surface area contributed by atoms with Gasteiger partial charge in [-0.05, 0) is 33.4 Å². The van der Waals surface area contributed by atoms with Crippen molar-refractivity contribution in [1.29, 1.82) is 0 Å². The minimum Gasteiger partial charge on any atom is -0.466 e. The van der Waals surface area contributed by atoms with Gasteiger partial charge in [0.25, 0.3) is 0 Å². The standard InChI is InChI=1S/C22H39NO8S2/c1-6-28-19(24)15-17(21(26)30-8-3)23(11-12-33-14-13-32-10-5)18(22(27)31-9-4)16-20(25)29-7-2/h17-18H,6-16H2,1-5H3. The van der Waals surface area contributed by atoms with Crippen molar-refractivity contribution in [2.24, 2.45) is 0 Å². The second kappa shape index (κ2) is 20.0. The highest BCUT2D eigenvalue weighted by Gasteiger charge is 2.39. The molecule has 0 saturated carbocycles. The highest BCUT2D eigenvalue weighted by molar-refractivity contribution is 8.02. The third-order valence-corrected chi connectivity index (χ3v) is 6.44. The monoisotopic (exact) mass is 509 g/mol. The summed E-state index contributed by atoms with van der Waals surface area (Å²) in [6.45, 7) is 9.55. The number of carbonyl (C=O) groups excluding carboxylic acids is 4. The van der Waals surface area contributed by atoms with Crippen LogP contribution >= 0.6 is 23.5 Å². The predicted octanol–water partition coefficient (Wildman–Crippen LogP) is 2.54. The van der Waals surface area contributed by atoms with Gasteiger partial charge in [0, 0.05) is 23.8 Å². The molecule has 192 valence electrons. The number of esters is 4. The van der Waals surface area contributed by atoms with E-state index >= 15 is 0 Å². The molecule has 0 aromatic rings. The maximum Gasteiger partial charge on any atom is 0.323 e. The first kappa shape index (κ1) is 31.5. The third-order valence-electron chi connectivity index (χ3n) is 4.32. The largest absolute Gasteiger partial charge is 0.466 e. The van der Waals surface area contributed by atoms with Gasteiger partial charge in [-0.2, -0.15) is 23.5 Å². The normalized spacial score (nSPS) is 12.7. The van der Waals surface area contributed by atoms with Gasteiger partial charge in [-0.25, -0.2) is 0 Å². The minimum absolute atomic E-state index is 0.108. The van der Waals surface area contributed by atoms with Crippen LogP contribution in [0.5, 0.6) is 0 Å². The molecule has 11 heteroatoms. The molecule has 0 aromatic carbocycles. The van der Waals surface area contributed by atoms with Crippen LogP contribution in [0.3, 0.4) is 0 Å². The minimum atomic E-state index is -1.10. The highest BCUT2D eigenvalue weighted by atomic mass is 32.2. The van der Waals surface area contributed by atoms with Gasteiger partial charge in [0.2, 0.25) is 0 Å². The average molecular weight is 510 g/mol. The number of nitrogens with zero attached hydrogens (tertiary/aromatic N) is 1. The molecule has 0 spiro atoms. The van der Waals surface area contributed by atoms with Crippen LogP contribution in [0.15, 0.2) is 0 Å². The zero-order valence-corrected chi connectivity index (χ0v) is 22.1. The zero-order chi connectivity index (χ0) is 25.1. The third kappa shape index (κ3) is 13.7. The Bertz CT molecular complexity index is 549. The summed E-state index contributed by atoms with van der Waals surface area (Å²) in [5, 5.41) is 0. The topological polar surface area (TPSA) is 108 Å². The fourth-order valence-electron chi connectivity index (χ4n) is 2.97. The number of rotatable bonds is 19. The lowest BCUT2D eigenvalue weighted by Gasteiger charge is -2.34. The van der Waals surface area contributed by atoms with E-state index in [1.165, 1.54) is 4.90 Å². The maximum atomic E-state index is 12.8. The van der Waals surface area contributed by atoms with Gasteiger partial charge in [0.1, 0.15) is 12.1 Å². The van der Waals surface area contributed by atoms with Crippen LogP contribution in [0, 0.1) is 0 Å². The van der Waals surface area contributed by atoms with E-state index in [1.807, 2.05) is 11.8 Å². The fourth-order valence-corrected chi connectivity index (χ4v) is 4.74. The van der Waals surface area contributed by atoms with Crippen molar-refractivity contribution in [3.8, 4) is 0 Å². The van der Waals surface area contributed by atoms with Crippen LogP contribution in [-0.2, 0) is 38.1 Å². The van der Waals surface area contributed by atoms with Crippen molar-refractivity contribution in [2.45, 2.75) is 59.5 Å². The Kier molecular flexibility index (Phi) is 19.1. The Balaban J connectivity index is 5.91. The molecule has 33 heavy (non-hydrogen) atoms. The van der Waals surface area contributed by atoms with E-state index in [9.17, 15) is 19.2 Å². The molecule has 0 amide bonds. The quantitative estimate of drug-likeness (QED) is 0.146. The van der Waals surface area contributed by atoms with Crippen LogP contribution in [-0.4, -0.2) is 96.8 Å². The predicted molar refractivity (Wildman–Crippen MR) is 130 cm³/mol. The summed E-state index contributed by atoms with van der Waals surface area (Å²) in [5.74, 6) is 0.998. The maximum absolute atomic E-state index is 12.8. The molecule has 2 atom stereocenters. The van der Waals surface area contributed by atoms with Gasteiger partial charge in [0.15, 0.2) is 0 Å². The van der Waals surface area contributed by atoms with Crippen molar-refractivity contribution in [1.82, 2.24) is 4.90 Å². The fraction of sp³-hybridized carbons (Fsp3) is 0.818. The highest BCUT2D eigenvalue weighted by Crippen LogP contribution is 2.19. The molecule has 0 fully saturated rings. The SMILES string of the molecule is CCOC(=O)CC(C(=O)OCC)N(CCSCCSCC)C(CC(=O)OCC)C(=O)OCC. The molecule has 0 rings (SSSR count). The van der Waals surface area contributed by atoms with Gasteiger partial charge >= 0.3 is 23.9 Å². The zero-order valence-electron chi connectivity index (χ0n) is 20.5. The van der Waals surface area contributed by atoms with Gasteiger partial charge in [-0.3, -0.25) is 24.1 Å². The van der Waals surface area contributed by atoms with Crippen LogP contribution in [0.1, 0.15) is 47.5 Å². The number of ether oxygens (including phenoxy) is 4. The molecule has 0 heterocycles. The smallest absolute Gasteiger partial charge is 0.323 e. The van der Waals surface area contributed by atoms with Crippen LogP contribution in [0.25, 0.3) is 0 Å². The molecule has 0 aliphatic carbocycles. The van der Waals surface area contributed by atoms with Gasteiger partial charge in [-0.15, -0.1) is 0 Å². The molecule has 9 nitrogen and oxygen atoms in total. The molecule has 0 N–H and O–H groups in total. The molecule has 0 aliphatic heterocycles. The van der Waals surface area contributed by atoms with Crippen molar-refractivity contribution in [3.63, 3.8) is 0 Å². The molecule has 0 saturated heterocycles. The Labute approximate surface area is 206 Å². The molecular formula is C22H39NO8S2. The van der Waals surface area contributed by atoms with Crippen LogP contribution < -0.4 is 0 Å². The molecule has 0 aromatic heterocycles. The van der Waals surface area contributed by atoms with Crippen molar-refractivity contribution in [2.75, 3.05) is 56.0 Å². The Morgan fingerprint density at radius 2 is 1.06 bits per heavy atom. The Hall–Kier alpha value is -1.46. The second-order valence-electron chi connectivity index (χ2n) is 6.60. The Morgan fingerprint density at radius 1 is 0.636 bits per heavy atom. The number of hydrogen-bond acceptors (Lipinski definition) is 11. The molecule has 2 unspecified atom stereocenters. The summed E-state index contributed by atoms with van der Waals surface area (Å²) >= 11 is 3.49. The first-order valence-corrected chi connectivity index (χ1v) is 13.7. The van der Waals surface area contributed by atoms with E-state index in [0.29, 0.717) is 5.75 Å². The summed E-state index contributed by atoms with van der Waals surface area (Å²) in [7, 11) is 0. The lowest BCUT2D eigenvalue weighted by atomic mass is 10.1. The van der Waals surface area contributed by atoms with E-state index in [4.69, 9.17) is 18.9 Å². The number of carbonyl (C=O) groups is 4.